The third kappa shape index (κ3) is 3.96. The summed E-state index contributed by atoms with van der Waals surface area (Å²) in [5.41, 5.74) is 1.53. The van der Waals surface area contributed by atoms with E-state index in [1.54, 1.807) is 54.0 Å². The zero-order valence-corrected chi connectivity index (χ0v) is 19.4. The van der Waals surface area contributed by atoms with Gasteiger partial charge in [-0.2, -0.15) is 0 Å². The van der Waals surface area contributed by atoms with Crippen molar-refractivity contribution in [1.82, 2.24) is 25.6 Å². The number of pyridine rings is 2. The molecule has 0 aliphatic carbocycles. The highest BCUT2D eigenvalue weighted by molar-refractivity contribution is 6.24. The number of hydrogen-bond donors (Lipinski definition) is 2. The Morgan fingerprint density at radius 1 is 0.919 bits per heavy atom. The molecule has 2 fully saturated rings. The summed E-state index contributed by atoms with van der Waals surface area (Å²) in [4.78, 5) is 51.4. The van der Waals surface area contributed by atoms with Gasteiger partial charge in [0.2, 0.25) is 11.8 Å². The summed E-state index contributed by atoms with van der Waals surface area (Å²) in [5, 5.41) is 4.40. The molecule has 0 atom stereocenters. The van der Waals surface area contributed by atoms with Gasteiger partial charge < -0.3 is 14.1 Å². The smallest absolute Gasteiger partial charge is 0.328 e. The number of anilines is 1. The van der Waals surface area contributed by atoms with Crippen molar-refractivity contribution in [1.29, 1.82) is 0 Å². The Hall–Kier alpha value is -5.06. The molecular formula is C26H20N6O5. The molecule has 4 amide bonds. The molecule has 0 unspecified atom stereocenters. The molecule has 1 spiro atoms. The fourth-order valence-corrected chi connectivity index (χ4v) is 4.63. The number of benzene rings is 1. The van der Waals surface area contributed by atoms with Crippen LogP contribution in [0.5, 0.6) is 11.6 Å². The van der Waals surface area contributed by atoms with E-state index in [4.69, 9.17) is 9.15 Å². The molecule has 0 bridgehead atoms. The summed E-state index contributed by atoms with van der Waals surface area (Å²) in [6.45, 7) is 0.474. The maximum atomic E-state index is 12.6. The Morgan fingerprint density at radius 3 is 2.38 bits per heavy atom. The minimum Gasteiger partial charge on any atom is -0.444 e. The number of aromatic nitrogens is 3. The minimum atomic E-state index is -1.47. The fraction of sp³-hybridized carbons (Fsp3) is 0.154. The molecule has 184 valence electrons. The summed E-state index contributed by atoms with van der Waals surface area (Å²) < 4.78 is 11.5. The summed E-state index contributed by atoms with van der Waals surface area (Å²) in [6.07, 6.45) is 7.46. The predicted molar refractivity (Wildman–Crippen MR) is 130 cm³/mol. The Bertz CT molecular complexity index is 1460. The van der Waals surface area contributed by atoms with Gasteiger partial charge in [0.25, 0.3) is 11.8 Å². The zero-order chi connectivity index (χ0) is 25.4. The Labute approximate surface area is 210 Å². The second-order valence-electron chi connectivity index (χ2n) is 8.61. The van der Waals surface area contributed by atoms with E-state index in [0.717, 1.165) is 16.8 Å². The van der Waals surface area contributed by atoms with Gasteiger partial charge in [-0.1, -0.05) is 0 Å². The van der Waals surface area contributed by atoms with Crippen LogP contribution in [0.1, 0.15) is 12.8 Å². The van der Waals surface area contributed by atoms with Crippen LogP contribution in [0.4, 0.5) is 10.5 Å². The quantitative estimate of drug-likeness (QED) is 0.398. The molecule has 1 aromatic carbocycles. The van der Waals surface area contributed by atoms with E-state index in [0.29, 0.717) is 42.6 Å². The van der Waals surface area contributed by atoms with Crippen LogP contribution in [-0.4, -0.2) is 44.9 Å². The summed E-state index contributed by atoms with van der Waals surface area (Å²) >= 11 is 0. The highest BCUT2D eigenvalue weighted by Crippen LogP contribution is 2.36. The molecular weight excluding hydrogens is 476 g/mol. The third-order valence-corrected chi connectivity index (χ3v) is 6.42. The normalized spacial score (nSPS) is 16.5. The Kier molecular flexibility index (Phi) is 5.37. The second-order valence-corrected chi connectivity index (χ2v) is 8.61. The number of hydrogen-bond acceptors (Lipinski definition) is 9. The van der Waals surface area contributed by atoms with Crippen LogP contribution in [0.2, 0.25) is 0 Å². The fourth-order valence-electron chi connectivity index (χ4n) is 4.63. The number of nitrogens with one attached hydrogen (secondary N) is 2. The molecule has 3 aromatic heterocycles. The minimum absolute atomic E-state index is 0.303. The molecule has 11 nitrogen and oxygen atoms in total. The van der Waals surface area contributed by atoms with Crippen molar-refractivity contribution in [2.75, 3.05) is 11.4 Å². The molecule has 6 rings (SSSR count). The van der Waals surface area contributed by atoms with Crippen molar-refractivity contribution in [3.8, 4) is 34.3 Å². The molecule has 11 heteroatoms. The summed E-state index contributed by atoms with van der Waals surface area (Å²) in [7, 11) is 0. The van der Waals surface area contributed by atoms with E-state index in [2.05, 4.69) is 25.6 Å². The molecule has 0 saturated carbocycles. The number of oxazole rings is 1. The Balaban J connectivity index is 1.16. The molecule has 2 saturated heterocycles. The first-order valence-corrected chi connectivity index (χ1v) is 11.6. The predicted octanol–water partition coefficient (Wildman–Crippen LogP) is 3.30. The van der Waals surface area contributed by atoms with Gasteiger partial charge in [-0.05, 0) is 55.3 Å². The lowest BCUT2D eigenvalue weighted by Crippen LogP contribution is -2.71. The number of carbonyl (C=O) groups excluding carboxylic acids is 3. The molecule has 37 heavy (non-hydrogen) atoms. The van der Waals surface area contributed by atoms with Crippen LogP contribution < -0.4 is 20.3 Å². The number of ether oxygens (including phenoxy) is 1. The number of nitrogens with zero attached hydrogens (tertiary/aromatic N) is 4. The highest BCUT2D eigenvalue weighted by Gasteiger charge is 2.57. The number of amides is 4. The van der Waals surface area contributed by atoms with Gasteiger partial charge in [-0.25, -0.2) is 14.8 Å². The average molecular weight is 496 g/mol. The molecule has 5 heterocycles. The lowest BCUT2D eigenvalue weighted by Gasteiger charge is -2.38. The van der Waals surface area contributed by atoms with Crippen molar-refractivity contribution in [3.63, 3.8) is 0 Å². The van der Waals surface area contributed by atoms with Gasteiger partial charge in [-0.15, -0.1) is 0 Å². The van der Waals surface area contributed by atoms with E-state index in [-0.39, 0.29) is 0 Å². The monoisotopic (exact) mass is 496 g/mol. The number of rotatable bonds is 5. The van der Waals surface area contributed by atoms with Crippen LogP contribution in [0, 0.1) is 0 Å². The van der Waals surface area contributed by atoms with Gasteiger partial charge in [0.1, 0.15) is 17.7 Å². The second kappa shape index (κ2) is 8.86. The van der Waals surface area contributed by atoms with Gasteiger partial charge in [0, 0.05) is 36.1 Å². The number of urea groups is 1. The molecule has 2 N–H and O–H groups in total. The first kappa shape index (κ1) is 22.4. The van der Waals surface area contributed by atoms with E-state index < -0.39 is 23.4 Å². The van der Waals surface area contributed by atoms with E-state index >= 15 is 0 Å². The van der Waals surface area contributed by atoms with Gasteiger partial charge >= 0.3 is 6.03 Å². The zero-order valence-electron chi connectivity index (χ0n) is 19.4. The SMILES string of the molecule is O=C1NC(=O)C2(CCCN2c2ccc(Oc3ccc(-c4nc(-c5ccncc5)co4)cc3)nc2)C(=O)N1. The van der Waals surface area contributed by atoms with Crippen molar-refractivity contribution < 1.29 is 23.5 Å². The first-order chi connectivity index (χ1) is 18.0. The molecule has 4 aromatic rings. The third-order valence-electron chi connectivity index (χ3n) is 6.42. The summed E-state index contributed by atoms with van der Waals surface area (Å²) in [6, 6.07) is 13.5. The highest BCUT2D eigenvalue weighted by atomic mass is 16.5. The first-order valence-electron chi connectivity index (χ1n) is 11.6. The topological polar surface area (TPSA) is 140 Å². The standard InChI is InChI=1S/C26H20N6O5/c33-23-26(24(34)31-25(35)30-23)10-1-13-32(26)18-4-7-21(28-14-18)37-19-5-2-17(3-6-19)22-29-20(15-36-22)16-8-11-27-12-9-16/h2-9,11-12,14-15H,1,10,13H2,(H2,30,31,33,34,35). The molecule has 2 aliphatic rings. The van der Waals surface area contributed by atoms with Crippen LogP contribution in [0.3, 0.4) is 0 Å². The van der Waals surface area contributed by atoms with Crippen LogP contribution >= 0.6 is 0 Å². The van der Waals surface area contributed by atoms with Crippen molar-refractivity contribution in [2.24, 2.45) is 0 Å². The van der Waals surface area contributed by atoms with Crippen LogP contribution in [0.15, 0.2) is 77.8 Å². The lowest BCUT2D eigenvalue weighted by atomic mass is 9.92. The number of carbonyl (C=O) groups is 3. The van der Waals surface area contributed by atoms with Gasteiger partial charge in [-0.3, -0.25) is 25.2 Å². The average Bonchev–Trinajstić information content (AvgIpc) is 3.58. The summed E-state index contributed by atoms with van der Waals surface area (Å²) in [5.74, 6) is 0.134. The van der Waals surface area contributed by atoms with E-state index in [1.807, 2.05) is 24.3 Å². The Morgan fingerprint density at radius 2 is 1.68 bits per heavy atom. The van der Waals surface area contributed by atoms with Gasteiger partial charge in [0.05, 0.1) is 11.9 Å². The molecule has 0 radical (unpaired) electrons. The van der Waals surface area contributed by atoms with Crippen LogP contribution in [-0.2, 0) is 9.59 Å². The van der Waals surface area contributed by atoms with Gasteiger partial charge in [0.15, 0.2) is 5.54 Å². The number of imide groups is 2. The molecule has 2 aliphatic heterocycles. The van der Waals surface area contributed by atoms with Crippen molar-refractivity contribution in [3.05, 3.63) is 73.4 Å². The maximum absolute atomic E-state index is 12.6. The van der Waals surface area contributed by atoms with E-state index in [1.165, 1.54) is 0 Å². The van der Waals surface area contributed by atoms with Crippen molar-refractivity contribution >= 4 is 23.5 Å². The van der Waals surface area contributed by atoms with Crippen LogP contribution in [0.25, 0.3) is 22.7 Å². The number of barbiturate groups is 1. The largest absolute Gasteiger partial charge is 0.444 e. The van der Waals surface area contributed by atoms with E-state index in [9.17, 15) is 14.4 Å². The van der Waals surface area contributed by atoms with Crippen molar-refractivity contribution in [2.45, 2.75) is 18.4 Å². The lowest BCUT2D eigenvalue weighted by molar-refractivity contribution is -0.137. The maximum Gasteiger partial charge on any atom is 0.328 e.